The van der Waals surface area contributed by atoms with Crippen molar-refractivity contribution in [1.29, 1.82) is 0 Å². The lowest BCUT2D eigenvalue weighted by Crippen LogP contribution is -2.15. The molecule has 0 saturated heterocycles. The zero-order chi connectivity index (χ0) is 13.8. The number of nitrogen functional groups attached to an aromatic ring is 1. The minimum Gasteiger partial charge on any atom is -0.464 e. The number of carbonyl (C=O) groups is 1. The van der Waals surface area contributed by atoms with Crippen molar-refractivity contribution in [3.05, 3.63) is 23.2 Å². The Labute approximate surface area is 116 Å². The molecule has 1 aromatic carbocycles. The van der Waals surface area contributed by atoms with Crippen LogP contribution in [0.4, 0.5) is 5.95 Å². The van der Waals surface area contributed by atoms with Crippen molar-refractivity contribution in [3.8, 4) is 0 Å². The number of nitrogens with two attached hydrogens (primary N) is 1. The van der Waals surface area contributed by atoms with E-state index in [0.717, 1.165) is 18.4 Å². The highest BCUT2D eigenvalue weighted by molar-refractivity contribution is 6.31. The molecule has 0 radical (unpaired) electrons. The number of fused-ring (bicyclic) bond motifs is 1. The van der Waals surface area contributed by atoms with Crippen molar-refractivity contribution in [3.63, 3.8) is 0 Å². The smallest absolute Gasteiger partial charge is 0.326 e. The first-order valence-electron chi connectivity index (χ1n) is 6.18. The van der Waals surface area contributed by atoms with Gasteiger partial charge in [-0.15, -0.1) is 0 Å². The van der Waals surface area contributed by atoms with E-state index < -0.39 is 0 Å². The summed E-state index contributed by atoms with van der Waals surface area (Å²) in [6.45, 7) is 2.54. The number of ether oxygens (including phenoxy) is 1. The Morgan fingerprint density at radius 3 is 3.05 bits per heavy atom. The lowest BCUT2D eigenvalue weighted by atomic mass is 10.3. The van der Waals surface area contributed by atoms with Gasteiger partial charge < -0.3 is 10.5 Å². The summed E-state index contributed by atoms with van der Waals surface area (Å²) in [6.07, 6.45) is 1.85. The molecule has 0 aliphatic rings. The molecule has 0 spiro atoms. The van der Waals surface area contributed by atoms with Crippen LogP contribution in [0.2, 0.25) is 5.02 Å². The number of hydrogen-bond donors (Lipinski definition) is 1. The number of nitrogens with zero attached hydrogens (tertiary/aromatic N) is 2. The Balaban J connectivity index is 2.16. The average Bonchev–Trinajstić information content (AvgIpc) is 2.65. The predicted octanol–water partition coefficient (Wildman–Crippen LogP) is 2.62. The van der Waals surface area contributed by atoms with E-state index in [1.807, 2.05) is 6.92 Å². The van der Waals surface area contributed by atoms with Gasteiger partial charge in [-0.05, 0) is 24.6 Å². The van der Waals surface area contributed by atoms with Gasteiger partial charge in [0.2, 0.25) is 5.95 Å². The Hall–Kier alpha value is -1.75. The maximum Gasteiger partial charge on any atom is 0.326 e. The number of imidazole rings is 1. The summed E-state index contributed by atoms with van der Waals surface area (Å²) in [6, 6.07) is 5.25. The number of unbranched alkanes of at least 4 members (excludes halogenated alkanes) is 1. The van der Waals surface area contributed by atoms with Gasteiger partial charge in [0.25, 0.3) is 0 Å². The number of rotatable bonds is 5. The standard InChI is InChI=1S/C13H16ClN3O2/c1-2-3-6-19-12(18)8-17-11-5-4-9(14)7-10(11)16-13(17)15/h4-5,7H,2-3,6,8H2,1H3,(H2,15,16). The quantitative estimate of drug-likeness (QED) is 0.675. The van der Waals surface area contributed by atoms with Crippen LogP contribution in [0.1, 0.15) is 19.8 Å². The Kier molecular flexibility index (Phi) is 4.27. The lowest BCUT2D eigenvalue weighted by Gasteiger charge is -2.07. The molecule has 0 saturated carbocycles. The summed E-state index contributed by atoms with van der Waals surface area (Å²) in [5.41, 5.74) is 7.25. The molecule has 1 heterocycles. The molecule has 0 amide bonds. The van der Waals surface area contributed by atoms with Gasteiger partial charge in [-0.25, -0.2) is 4.98 Å². The molecular weight excluding hydrogens is 266 g/mol. The molecule has 0 aliphatic carbocycles. The molecule has 2 aromatic rings. The van der Waals surface area contributed by atoms with Gasteiger partial charge in [0.05, 0.1) is 17.6 Å². The summed E-state index contributed by atoms with van der Waals surface area (Å²) in [4.78, 5) is 15.9. The van der Waals surface area contributed by atoms with Crippen LogP contribution in [-0.2, 0) is 16.1 Å². The predicted molar refractivity (Wildman–Crippen MR) is 75.0 cm³/mol. The third kappa shape index (κ3) is 3.17. The van der Waals surface area contributed by atoms with Crippen LogP contribution in [0.3, 0.4) is 0 Å². The molecule has 2 rings (SSSR count). The van der Waals surface area contributed by atoms with Crippen LogP contribution in [0.15, 0.2) is 18.2 Å². The number of halogens is 1. The van der Waals surface area contributed by atoms with Crippen molar-refractivity contribution in [2.75, 3.05) is 12.3 Å². The third-order valence-corrected chi connectivity index (χ3v) is 3.02. The van der Waals surface area contributed by atoms with Crippen molar-refractivity contribution in [2.24, 2.45) is 0 Å². The van der Waals surface area contributed by atoms with E-state index in [4.69, 9.17) is 22.1 Å². The van der Waals surface area contributed by atoms with Crippen LogP contribution in [0.5, 0.6) is 0 Å². The number of anilines is 1. The fraction of sp³-hybridized carbons (Fsp3) is 0.385. The fourth-order valence-electron chi connectivity index (χ4n) is 1.79. The van der Waals surface area contributed by atoms with Crippen molar-refractivity contribution >= 4 is 34.6 Å². The minimum absolute atomic E-state index is 0.0632. The molecule has 0 bridgehead atoms. The van der Waals surface area contributed by atoms with Crippen LogP contribution >= 0.6 is 11.6 Å². The minimum atomic E-state index is -0.311. The van der Waals surface area contributed by atoms with Gasteiger partial charge in [0.15, 0.2) is 0 Å². The van der Waals surface area contributed by atoms with E-state index in [0.29, 0.717) is 17.1 Å². The fourth-order valence-corrected chi connectivity index (χ4v) is 1.96. The maximum atomic E-state index is 11.7. The number of benzene rings is 1. The van der Waals surface area contributed by atoms with Crippen LogP contribution in [0, 0.1) is 0 Å². The van der Waals surface area contributed by atoms with Crippen LogP contribution < -0.4 is 5.73 Å². The van der Waals surface area contributed by atoms with Gasteiger partial charge in [-0.1, -0.05) is 24.9 Å². The van der Waals surface area contributed by atoms with Crippen molar-refractivity contribution in [1.82, 2.24) is 9.55 Å². The van der Waals surface area contributed by atoms with E-state index in [1.54, 1.807) is 22.8 Å². The summed E-state index contributed by atoms with van der Waals surface area (Å²) in [7, 11) is 0. The second-order valence-corrected chi connectivity index (χ2v) is 4.70. The Morgan fingerprint density at radius 2 is 2.32 bits per heavy atom. The van der Waals surface area contributed by atoms with E-state index in [-0.39, 0.29) is 18.5 Å². The van der Waals surface area contributed by atoms with E-state index in [2.05, 4.69) is 4.98 Å². The van der Waals surface area contributed by atoms with E-state index in [1.165, 1.54) is 0 Å². The topological polar surface area (TPSA) is 70.1 Å². The van der Waals surface area contributed by atoms with Gasteiger partial charge >= 0.3 is 5.97 Å². The molecule has 0 atom stereocenters. The van der Waals surface area contributed by atoms with Crippen molar-refractivity contribution < 1.29 is 9.53 Å². The van der Waals surface area contributed by atoms with Gasteiger partial charge in [0.1, 0.15) is 6.54 Å². The summed E-state index contributed by atoms with van der Waals surface area (Å²) in [5, 5.41) is 0.586. The van der Waals surface area contributed by atoms with Crippen LogP contribution in [0.25, 0.3) is 11.0 Å². The molecule has 2 N–H and O–H groups in total. The summed E-state index contributed by atoms with van der Waals surface area (Å²) >= 11 is 5.89. The molecular formula is C13H16ClN3O2. The molecule has 0 unspecified atom stereocenters. The normalized spacial score (nSPS) is 10.8. The Bertz CT molecular complexity index is 595. The molecule has 1 aromatic heterocycles. The van der Waals surface area contributed by atoms with Crippen LogP contribution in [-0.4, -0.2) is 22.1 Å². The zero-order valence-corrected chi connectivity index (χ0v) is 11.5. The third-order valence-electron chi connectivity index (χ3n) is 2.79. The molecule has 5 nitrogen and oxygen atoms in total. The average molecular weight is 282 g/mol. The molecule has 6 heteroatoms. The lowest BCUT2D eigenvalue weighted by molar-refractivity contribution is -0.144. The van der Waals surface area contributed by atoms with E-state index in [9.17, 15) is 4.79 Å². The summed E-state index contributed by atoms with van der Waals surface area (Å²) in [5.74, 6) is -0.0286. The summed E-state index contributed by atoms with van der Waals surface area (Å²) < 4.78 is 6.74. The molecule has 0 fully saturated rings. The second-order valence-electron chi connectivity index (χ2n) is 4.26. The Morgan fingerprint density at radius 1 is 1.53 bits per heavy atom. The highest BCUT2D eigenvalue weighted by Gasteiger charge is 2.12. The zero-order valence-electron chi connectivity index (χ0n) is 10.7. The number of esters is 1. The monoisotopic (exact) mass is 281 g/mol. The van der Waals surface area contributed by atoms with E-state index >= 15 is 0 Å². The largest absolute Gasteiger partial charge is 0.464 e. The number of carbonyl (C=O) groups excluding carboxylic acids is 1. The number of hydrogen-bond acceptors (Lipinski definition) is 4. The first-order valence-corrected chi connectivity index (χ1v) is 6.56. The SMILES string of the molecule is CCCCOC(=O)Cn1c(N)nc2cc(Cl)ccc21. The maximum absolute atomic E-state index is 11.7. The molecule has 19 heavy (non-hydrogen) atoms. The highest BCUT2D eigenvalue weighted by atomic mass is 35.5. The molecule has 102 valence electrons. The highest BCUT2D eigenvalue weighted by Crippen LogP contribution is 2.21. The number of aromatic nitrogens is 2. The van der Waals surface area contributed by atoms with Gasteiger partial charge in [0, 0.05) is 5.02 Å². The second kappa shape index (κ2) is 5.93. The van der Waals surface area contributed by atoms with Gasteiger partial charge in [-0.3, -0.25) is 9.36 Å². The van der Waals surface area contributed by atoms with Crippen molar-refractivity contribution in [2.45, 2.75) is 26.3 Å². The first-order chi connectivity index (χ1) is 9.11. The van der Waals surface area contributed by atoms with Gasteiger partial charge in [-0.2, -0.15) is 0 Å². The first kappa shape index (κ1) is 13.7. The molecule has 0 aliphatic heterocycles.